The van der Waals surface area contributed by atoms with Gasteiger partial charge < -0.3 is 5.32 Å². The molecule has 0 fully saturated rings. The van der Waals surface area contributed by atoms with Crippen molar-refractivity contribution in [2.45, 2.75) is 20.0 Å². The number of hydrazone groups is 1. The predicted molar refractivity (Wildman–Crippen MR) is 92.0 cm³/mol. The molecule has 0 saturated heterocycles. The lowest BCUT2D eigenvalue weighted by atomic mass is 10.1. The van der Waals surface area contributed by atoms with Gasteiger partial charge in [-0.15, -0.1) is 0 Å². The fourth-order valence-corrected chi connectivity index (χ4v) is 1.99. The number of hydrogen-bond donors (Lipinski definition) is 2. The minimum Gasteiger partial charge on any atom is -0.318 e. The van der Waals surface area contributed by atoms with Gasteiger partial charge in [-0.1, -0.05) is 29.8 Å². The summed E-state index contributed by atoms with van der Waals surface area (Å²) in [6, 6.07) is 12.6. The fourth-order valence-electron chi connectivity index (χ4n) is 1.99. The van der Waals surface area contributed by atoms with E-state index in [0.29, 0.717) is 16.8 Å². The van der Waals surface area contributed by atoms with E-state index in [2.05, 4.69) is 10.5 Å². The van der Waals surface area contributed by atoms with E-state index >= 15 is 0 Å². The molecule has 0 bridgehead atoms. The number of alkyl halides is 3. The molecule has 0 spiro atoms. The third-order valence-corrected chi connectivity index (χ3v) is 3.43. The zero-order valence-corrected chi connectivity index (χ0v) is 14.0. The van der Waals surface area contributed by atoms with Gasteiger partial charge in [0.15, 0.2) is 0 Å². The standard InChI is InChI=1S/C18H16F3N3O2/c1-11-6-8-13(9-7-11)16(25)24-23-12(2)14-4-3-5-15(10-14)22-17(26)18(19,20)21/h3-10H,1-2H3,(H,22,26)(H,24,25). The van der Waals surface area contributed by atoms with Crippen LogP contribution in [0.1, 0.15) is 28.4 Å². The highest BCUT2D eigenvalue weighted by molar-refractivity contribution is 6.02. The molecule has 0 heterocycles. The van der Waals surface area contributed by atoms with E-state index in [4.69, 9.17) is 0 Å². The summed E-state index contributed by atoms with van der Waals surface area (Å²) in [6.45, 7) is 3.48. The second kappa shape index (κ2) is 7.81. The van der Waals surface area contributed by atoms with E-state index in [1.54, 1.807) is 42.6 Å². The first-order valence-electron chi connectivity index (χ1n) is 7.57. The first kappa shape index (κ1) is 19.2. The first-order chi connectivity index (χ1) is 12.2. The minimum atomic E-state index is -4.97. The lowest BCUT2D eigenvalue weighted by Crippen LogP contribution is -2.29. The van der Waals surface area contributed by atoms with E-state index in [1.165, 1.54) is 18.2 Å². The van der Waals surface area contributed by atoms with Gasteiger partial charge in [-0.25, -0.2) is 5.43 Å². The Hall–Kier alpha value is -3.16. The number of amides is 2. The Balaban J connectivity index is 2.09. The zero-order chi connectivity index (χ0) is 19.3. The third kappa shape index (κ3) is 5.17. The van der Waals surface area contributed by atoms with Gasteiger partial charge in [0.1, 0.15) is 0 Å². The zero-order valence-electron chi connectivity index (χ0n) is 14.0. The van der Waals surface area contributed by atoms with Crippen LogP contribution in [-0.2, 0) is 4.79 Å². The minimum absolute atomic E-state index is 0.0239. The molecule has 2 rings (SSSR count). The van der Waals surface area contributed by atoms with Gasteiger partial charge in [-0.2, -0.15) is 18.3 Å². The summed E-state index contributed by atoms with van der Waals surface area (Å²) in [7, 11) is 0. The van der Waals surface area contributed by atoms with E-state index in [9.17, 15) is 22.8 Å². The Morgan fingerprint density at radius 2 is 1.65 bits per heavy atom. The normalized spacial score (nSPS) is 11.8. The molecule has 2 amide bonds. The van der Waals surface area contributed by atoms with Crippen LogP contribution < -0.4 is 10.7 Å². The van der Waals surface area contributed by atoms with Crippen molar-refractivity contribution in [1.29, 1.82) is 0 Å². The number of carbonyl (C=O) groups excluding carboxylic acids is 2. The molecule has 26 heavy (non-hydrogen) atoms. The van der Waals surface area contributed by atoms with Crippen molar-refractivity contribution in [1.82, 2.24) is 5.43 Å². The van der Waals surface area contributed by atoms with E-state index in [-0.39, 0.29) is 5.69 Å². The maximum Gasteiger partial charge on any atom is 0.471 e. The van der Waals surface area contributed by atoms with Gasteiger partial charge in [-0.05, 0) is 43.7 Å². The van der Waals surface area contributed by atoms with Crippen molar-refractivity contribution in [2.75, 3.05) is 5.32 Å². The SMILES string of the molecule is CC(=NNC(=O)c1ccc(C)cc1)c1cccc(NC(=O)C(F)(F)F)c1. The lowest BCUT2D eigenvalue weighted by molar-refractivity contribution is -0.167. The molecule has 0 aromatic heterocycles. The molecule has 5 nitrogen and oxygen atoms in total. The average molecular weight is 363 g/mol. The summed E-state index contributed by atoms with van der Waals surface area (Å²) in [6.07, 6.45) is -4.97. The second-order valence-corrected chi connectivity index (χ2v) is 5.54. The highest BCUT2D eigenvalue weighted by Gasteiger charge is 2.38. The van der Waals surface area contributed by atoms with Crippen molar-refractivity contribution in [2.24, 2.45) is 5.10 Å². The van der Waals surface area contributed by atoms with Crippen LogP contribution in [0, 0.1) is 6.92 Å². The summed E-state index contributed by atoms with van der Waals surface area (Å²) in [5, 5.41) is 5.71. The van der Waals surface area contributed by atoms with E-state index in [0.717, 1.165) is 5.56 Å². The molecule has 2 aromatic rings. The fraction of sp³-hybridized carbons (Fsp3) is 0.167. The molecule has 136 valence electrons. The predicted octanol–water partition coefficient (Wildman–Crippen LogP) is 3.65. The Morgan fingerprint density at radius 3 is 2.27 bits per heavy atom. The van der Waals surface area contributed by atoms with Gasteiger partial charge in [0, 0.05) is 11.3 Å². The van der Waals surface area contributed by atoms with Crippen LogP contribution in [0.4, 0.5) is 18.9 Å². The number of halogens is 3. The highest BCUT2D eigenvalue weighted by atomic mass is 19.4. The topological polar surface area (TPSA) is 70.6 Å². The van der Waals surface area contributed by atoms with Gasteiger partial charge >= 0.3 is 12.1 Å². The van der Waals surface area contributed by atoms with Crippen molar-refractivity contribution >= 4 is 23.2 Å². The number of aryl methyl sites for hydroxylation is 1. The molecule has 2 aromatic carbocycles. The van der Waals surface area contributed by atoms with Crippen LogP contribution in [-0.4, -0.2) is 23.7 Å². The van der Waals surface area contributed by atoms with Crippen LogP contribution in [0.3, 0.4) is 0 Å². The number of rotatable bonds is 4. The molecule has 0 aliphatic heterocycles. The molecule has 0 saturated carbocycles. The van der Waals surface area contributed by atoms with Crippen molar-refractivity contribution in [3.63, 3.8) is 0 Å². The van der Waals surface area contributed by atoms with Crippen molar-refractivity contribution in [3.8, 4) is 0 Å². The Labute approximate surface area is 147 Å². The maximum absolute atomic E-state index is 12.3. The van der Waals surface area contributed by atoms with Crippen LogP contribution >= 0.6 is 0 Å². The number of benzene rings is 2. The van der Waals surface area contributed by atoms with Gasteiger partial charge in [-0.3, -0.25) is 9.59 Å². The molecule has 0 aliphatic rings. The number of nitrogens with zero attached hydrogens (tertiary/aromatic N) is 1. The smallest absolute Gasteiger partial charge is 0.318 e. The second-order valence-electron chi connectivity index (χ2n) is 5.54. The molecule has 2 N–H and O–H groups in total. The summed E-state index contributed by atoms with van der Waals surface area (Å²) in [5.74, 6) is -2.47. The van der Waals surface area contributed by atoms with Gasteiger partial charge in [0.25, 0.3) is 5.91 Å². The van der Waals surface area contributed by atoms with E-state index < -0.39 is 18.0 Å². The quantitative estimate of drug-likeness (QED) is 0.643. The summed E-state index contributed by atoms with van der Waals surface area (Å²) in [4.78, 5) is 23.0. The number of hydrogen-bond acceptors (Lipinski definition) is 3. The molecule has 0 unspecified atom stereocenters. The maximum atomic E-state index is 12.3. The molecular formula is C18H16F3N3O2. The molecule has 0 aliphatic carbocycles. The largest absolute Gasteiger partial charge is 0.471 e. The van der Waals surface area contributed by atoms with Crippen LogP contribution in [0.25, 0.3) is 0 Å². The third-order valence-electron chi connectivity index (χ3n) is 3.43. The Bertz CT molecular complexity index is 844. The van der Waals surface area contributed by atoms with Crippen LogP contribution in [0.15, 0.2) is 53.6 Å². The van der Waals surface area contributed by atoms with E-state index in [1.807, 2.05) is 6.92 Å². The summed E-state index contributed by atoms with van der Waals surface area (Å²) in [5.41, 5.74) is 4.62. The van der Waals surface area contributed by atoms with Crippen LogP contribution in [0.2, 0.25) is 0 Å². The number of nitrogens with one attached hydrogen (secondary N) is 2. The highest BCUT2D eigenvalue weighted by Crippen LogP contribution is 2.19. The molecular weight excluding hydrogens is 347 g/mol. The van der Waals surface area contributed by atoms with Crippen molar-refractivity contribution < 1.29 is 22.8 Å². The van der Waals surface area contributed by atoms with Crippen molar-refractivity contribution in [3.05, 3.63) is 65.2 Å². The Morgan fingerprint density at radius 1 is 1.00 bits per heavy atom. The van der Waals surface area contributed by atoms with Crippen LogP contribution in [0.5, 0.6) is 0 Å². The first-order valence-corrected chi connectivity index (χ1v) is 7.57. The summed E-state index contributed by atoms with van der Waals surface area (Å²) < 4.78 is 36.9. The average Bonchev–Trinajstić information content (AvgIpc) is 2.59. The number of anilines is 1. The summed E-state index contributed by atoms with van der Waals surface area (Å²) >= 11 is 0. The monoisotopic (exact) mass is 363 g/mol. The lowest BCUT2D eigenvalue weighted by Gasteiger charge is -2.09. The van der Waals surface area contributed by atoms with Gasteiger partial charge in [0.05, 0.1) is 5.71 Å². The molecule has 8 heteroatoms. The molecule has 0 atom stereocenters. The molecule has 0 radical (unpaired) electrons. The number of carbonyl (C=O) groups is 2. The van der Waals surface area contributed by atoms with Gasteiger partial charge in [0.2, 0.25) is 0 Å². The Kier molecular flexibility index (Phi) is 5.76.